The quantitative estimate of drug-likeness (QED) is 0.849. The smallest absolute Gasteiger partial charge is 0.237 e. The van der Waals surface area contributed by atoms with Crippen molar-refractivity contribution in [2.24, 2.45) is 11.7 Å². The van der Waals surface area contributed by atoms with Gasteiger partial charge in [0, 0.05) is 6.54 Å². The van der Waals surface area contributed by atoms with Crippen molar-refractivity contribution in [3.8, 4) is 5.75 Å². The lowest BCUT2D eigenvalue weighted by Crippen LogP contribution is -2.43. The topological polar surface area (TPSA) is 64.4 Å². The Bertz CT molecular complexity index is 464. The molecule has 1 aliphatic rings. The third-order valence-corrected chi connectivity index (χ3v) is 4.27. The monoisotopic (exact) mass is 304 g/mol. The largest absolute Gasteiger partial charge is 0.490 e. The zero-order chi connectivity index (χ0) is 15.9. The van der Waals surface area contributed by atoms with E-state index in [4.69, 9.17) is 10.5 Å². The van der Waals surface area contributed by atoms with Gasteiger partial charge in [0.15, 0.2) is 0 Å². The van der Waals surface area contributed by atoms with Gasteiger partial charge < -0.3 is 15.8 Å². The van der Waals surface area contributed by atoms with E-state index in [1.807, 2.05) is 38.1 Å². The number of ether oxygens (including phenoxy) is 1. The van der Waals surface area contributed by atoms with Crippen LogP contribution in [0.25, 0.3) is 0 Å². The van der Waals surface area contributed by atoms with E-state index in [9.17, 15) is 4.79 Å². The minimum atomic E-state index is -0.450. The van der Waals surface area contributed by atoms with E-state index in [0.29, 0.717) is 12.6 Å². The summed E-state index contributed by atoms with van der Waals surface area (Å²) in [7, 11) is 0. The fourth-order valence-electron chi connectivity index (χ4n) is 2.67. The van der Waals surface area contributed by atoms with Crippen LogP contribution in [0.4, 0.5) is 0 Å². The molecule has 1 atom stereocenters. The summed E-state index contributed by atoms with van der Waals surface area (Å²) < 4.78 is 6.00. The fraction of sp³-hybridized carbons (Fsp3) is 0.611. The Kier molecular flexibility index (Phi) is 6.25. The Morgan fingerprint density at radius 2 is 1.86 bits per heavy atom. The van der Waals surface area contributed by atoms with Gasteiger partial charge in [0.05, 0.1) is 12.1 Å². The van der Waals surface area contributed by atoms with Gasteiger partial charge in [0.1, 0.15) is 5.75 Å². The highest BCUT2D eigenvalue weighted by Gasteiger charge is 2.17. The molecule has 1 saturated carbocycles. The van der Waals surface area contributed by atoms with Crippen LogP contribution in [0.2, 0.25) is 0 Å². The van der Waals surface area contributed by atoms with Crippen LogP contribution in [0.3, 0.4) is 0 Å². The summed E-state index contributed by atoms with van der Waals surface area (Å²) in [5.74, 6) is 0.963. The molecule has 0 unspecified atom stereocenters. The Morgan fingerprint density at radius 1 is 1.23 bits per heavy atom. The Labute approximate surface area is 133 Å². The summed E-state index contributed by atoms with van der Waals surface area (Å²) in [6.45, 7) is 4.40. The first-order valence-electron chi connectivity index (χ1n) is 8.35. The predicted molar refractivity (Wildman–Crippen MR) is 88.6 cm³/mol. The summed E-state index contributed by atoms with van der Waals surface area (Å²) in [6.07, 6.45) is 6.55. The number of amides is 1. The van der Waals surface area contributed by atoms with Crippen LogP contribution >= 0.6 is 0 Å². The van der Waals surface area contributed by atoms with Gasteiger partial charge in [0.25, 0.3) is 0 Å². The molecule has 2 rings (SSSR count). The Balaban J connectivity index is 1.80. The van der Waals surface area contributed by atoms with Crippen LogP contribution in [0.1, 0.15) is 51.5 Å². The molecule has 122 valence electrons. The molecule has 1 fully saturated rings. The predicted octanol–water partition coefficient (Wildman–Crippen LogP) is 3.00. The van der Waals surface area contributed by atoms with Crippen LogP contribution in [0.5, 0.6) is 5.75 Å². The van der Waals surface area contributed by atoms with E-state index in [2.05, 4.69) is 5.32 Å². The Morgan fingerprint density at radius 3 is 2.45 bits per heavy atom. The molecule has 0 radical (unpaired) electrons. The maximum Gasteiger partial charge on any atom is 0.237 e. The van der Waals surface area contributed by atoms with Crippen LogP contribution in [0.15, 0.2) is 24.3 Å². The first kappa shape index (κ1) is 16.8. The summed E-state index contributed by atoms with van der Waals surface area (Å²) >= 11 is 0. The number of hydrogen-bond acceptors (Lipinski definition) is 3. The second-order valence-electron chi connectivity index (χ2n) is 6.51. The molecular weight excluding hydrogens is 276 g/mol. The first-order chi connectivity index (χ1) is 10.6. The zero-order valence-corrected chi connectivity index (χ0v) is 13.7. The summed E-state index contributed by atoms with van der Waals surface area (Å²) in [6, 6.07) is 7.52. The van der Waals surface area contributed by atoms with Crippen LogP contribution in [0, 0.1) is 5.92 Å². The zero-order valence-electron chi connectivity index (χ0n) is 13.7. The molecule has 1 aromatic carbocycles. The lowest BCUT2D eigenvalue weighted by molar-refractivity contribution is -0.123. The van der Waals surface area contributed by atoms with Gasteiger partial charge in [-0.3, -0.25) is 4.79 Å². The first-order valence-corrected chi connectivity index (χ1v) is 8.35. The third kappa shape index (κ3) is 5.02. The standard InChI is InChI=1S/C18H28N2O2/c1-13(2)17(19)18(21)20-12-14-8-10-16(11-9-14)22-15-6-4-3-5-7-15/h8-11,13,15,17H,3-7,12,19H2,1-2H3,(H,20,21)/t17-/m0/s1. The molecule has 3 N–H and O–H groups in total. The molecule has 4 heteroatoms. The lowest BCUT2D eigenvalue weighted by Gasteiger charge is -2.23. The van der Waals surface area contributed by atoms with E-state index < -0.39 is 6.04 Å². The van der Waals surface area contributed by atoms with Gasteiger partial charge in [-0.1, -0.05) is 32.4 Å². The molecular formula is C18H28N2O2. The molecule has 0 spiro atoms. The van der Waals surface area contributed by atoms with Gasteiger partial charge in [0.2, 0.25) is 5.91 Å². The second kappa shape index (κ2) is 8.18. The summed E-state index contributed by atoms with van der Waals surface area (Å²) in [5, 5.41) is 2.88. The number of nitrogens with one attached hydrogen (secondary N) is 1. The second-order valence-corrected chi connectivity index (χ2v) is 6.51. The number of carbonyl (C=O) groups is 1. The normalized spacial score (nSPS) is 17.3. The highest BCUT2D eigenvalue weighted by molar-refractivity contribution is 5.81. The van der Waals surface area contributed by atoms with E-state index >= 15 is 0 Å². The Hall–Kier alpha value is -1.55. The van der Waals surface area contributed by atoms with E-state index in [-0.39, 0.29) is 11.8 Å². The molecule has 22 heavy (non-hydrogen) atoms. The average molecular weight is 304 g/mol. The number of rotatable bonds is 6. The summed E-state index contributed by atoms with van der Waals surface area (Å²) in [4.78, 5) is 11.8. The van der Waals surface area contributed by atoms with Crippen molar-refractivity contribution in [2.45, 2.75) is 64.6 Å². The van der Waals surface area contributed by atoms with Crippen LogP contribution in [-0.2, 0) is 11.3 Å². The average Bonchev–Trinajstić information content (AvgIpc) is 2.54. The molecule has 4 nitrogen and oxygen atoms in total. The van der Waals surface area contributed by atoms with Crippen LogP contribution < -0.4 is 15.8 Å². The molecule has 0 bridgehead atoms. The van der Waals surface area contributed by atoms with Crippen molar-refractivity contribution in [1.29, 1.82) is 0 Å². The van der Waals surface area contributed by atoms with Crippen molar-refractivity contribution in [3.05, 3.63) is 29.8 Å². The van der Waals surface area contributed by atoms with Crippen molar-refractivity contribution < 1.29 is 9.53 Å². The lowest BCUT2D eigenvalue weighted by atomic mass is 9.98. The van der Waals surface area contributed by atoms with Crippen molar-refractivity contribution in [3.63, 3.8) is 0 Å². The van der Waals surface area contributed by atoms with Gasteiger partial charge in [-0.15, -0.1) is 0 Å². The summed E-state index contributed by atoms with van der Waals surface area (Å²) in [5.41, 5.74) is 6.88. The number of nitrogens with two attached hydrogens (primary N) is 1. The maximum absolute atomic E-state index is 11.8. The number of benzene rings is 1. The van der Waals surface area contributed by atoms with Gasteiger partial charge in [-0.05, 0) is 49.3 Å². The van der Waals surface area contributed by atoms with E-state index in [0.717, 1.165) is 24.2 Å². The fourth-order valence-corrected chi connectivity index (χ4v) is 2.67. The van der Waals surface area contributed by atoms with Crippen molar-refractivity contribution in [1.82, 2.24) is 5.32 Å². The highest BCUT2D eigenvalue weighted by atomic mass is 16.5. The van der Waals surface area contributed by atoms with E-state index in [1.165, 1.54) is 19.3 Å². The molecule has 1 amide bonds. The third-order valence-electron chi connectivity index (χ3n) is 4.27. The minimum Gasteiger partial charge on any atom is -0.490 e. The van der Waals surface area contributed by atoms with Gasteiger partial charge in [-0.2, -0.15) is 0 Å². The van der Waals surface area contributed by atoms with Gasteiger partial charge >= 0.3 is 0 Å². The highest BCUT2D eigenvalue weighted by Crippen LogP contribution is 2.23. The minimum absolute atomic E-state index is 0.0995. The maximum atomic E-state index is 11.8. The SMILES string of the molecule is CC(C)[C@H](N)C(=O)NCc1ccc(OC2CCCCC2)cc1. The molecule has 0 saturated heterocycles. The van der Waals surface area contributed by atoms with E-state index in [1.54, 1.807) is 0 Å². The molecule has 0 aromatic heterocycles. The van der Waals surface area contributed by atoms with Crippen molar-refractivity contribution >= 4 is 5.91 Å². The van der Waals surface area contributed by atoms with Gasteiger partial charge in [-0.25, -0.2) is 0 Å². The van der Waals surface area contributed by atoms with Crippen molar-refractivity contribution in [2.75, 3.05) is 0 Å². The molecule has 1 aromatic rings. The van der Waals surface area contributed by atoms with Crippen LogP contribution in [-0.4, -0.2) is 18.1 Å². The molecule has 0 heterocycles. The molecule has 0 aliphatic heterocycles. The molecule has 1 aliphatic carbocycles. The number of carbonyl (C=O) groups excluding carboxylic acids is 1. The number of hydrogen-bond donors (Lipinski definition) is 2.